The molecule has 2 aromatic rings. The molecule has 6 heteroatoms. The summed E-state index contributed by atoms with van der Waals surface area (Å²) in [6, 6.07) is 4.62. The lowest BCUT2D eigenvalue weighted by Crippen LogP contribution is -2.10. The number of rotatable bonds is 3. The van der Waals surface area contributed by atoms with Gasteiger partial charge in [0.25, 0.3) is 0 Å². The number of pyridine rings is 1. The summed E-state index contributed by atoms with van der Waals surface area (Å²) in [5.74, 6) is 0. The molecule has 0 amide bonds. The lowest BCUT2D eigenvalue weighted by molar-refractivity contribution is -0.140. The van der Waals surface area contributed by atoms with Crippen molar-refractivity contribution >= 4 is 32.5 Å². The zero-order chi connectivity index (χ0) is 14.9. The fourth-order valence-electron chi connectivity index (χ4n) is 2.01. The molecule has 2 nitrogen and oxygen atoms in total. The van der Waals surface area contributed by atoms with Crippen LogP contribution in [0, 0.1) is 6.92 Å². The minimum Gasteiger partial charge on any atom is -0.384 e. The van der Waals surface area contributed by atoms with Gasteiger partial charge in [-0.25, -0.2) is 4.98 Å². The monoisotopic (exact) mass is 346 g/mol. The number of hydrogen-bond acceptors (Lipinski definition) is 2. The minimum absolute atomic E-state index is 0.377. The Balaban J connectivity index is 2.71. The highest BCUT2D eigenvalue weighted by Crippen LogP contribution is 2.35. The van der Waals surface area contributed by atoms with Gasteiger partial charge in [-0.2, -0.15) is 13.2 Å². The fourth-order valence-corrected chi connectivity index (χ4v) is 2.58. The van der Waals surface area contributed by atoms with Gasteiger partial charge >= 0.3 is 6.18 Å². The Morgan fingerprint density at radius 2 is 1.95 bits per heavy atom. The predicted molar refractivity (Wildman–Crippen MR) is 78.0 cm³/mol. The normalized spacial score (nSPS) is 11.9. The second-order valence-corrected chi connectivity index (χ2v) is 5.51. The molecule has 0 unspecified atom stereocenters. The highest BCUT2D eigenvalue weighted by molar-refractivity contribution is 9.10. The van der Waals surface area contributed by atoms with Crippen molar-refractivity contribution in [3.05, 3.63) is 33.9 Å². The van der Waals surface area contributed by atoms with Crippen molar-refractivity contribution in [3.8, 4) is 0 Å². The summed E-state index contributed by atoms with van der Waals surface area (Å²) in [4.78, 5) is 3.77. The SMILES string of the molecule is CCCNc1cc(C(F)(F)F)nc2c(C)cc(Br)cc12. The molecule has 0 atom stereocenters. The van der Waals surface area contributed by atoms with Gasteiger partial charge in [0.2, 0.25) is 0 Å². The standard InChI is InChI=1S/C14H14BrF3N2/c1-3-4-19-11-7-12(14(16,17)18)20-13-8(2)5-9(15)6-10(11)13/h5-7H,3-4H2,1-2H3,(H,19,20). The predicted octanol–water partition coefficient (Wildman–Crippen LogP) is 5.15. The summed E-state index contributed by atoms with van der Waals surface area (Å²) in [6.07, 6.45) is -3.62. The van der Waals surface area contributed by atoms with Crippen LogP contribution in [0.1, 0.15) is 24.6 Å². The Kier molecular flexibility index (Phi) is 4.22. The minimum atomic E-state index is -4.45. The first kappa shape index (κ1) is 15.1. The summed E-state index contributed by atoms with van der Waals surface area (Å²) in [5, 5.41) is 3.74. The smallest absolute Gasteiger partial charge is 0.384 e. The van der Waals surface area contributed by atoms with Gasteiger partial charge in [0, 0.05) is 22.1 Å². The Labute approximate surface area is 123 Å². The molecule has 0 radical (unpaired) electrons. The third kappa shape index (κ3) is 3.06. The van der Waals surface area contributed by atoms with Crippen molar-refractivity contribution in [1.29, 1.82) is 0 Å². The van der Waals surface area contributed by atoms with Gasteiger partial charge in [0.15, 0.2) is 0 Å². The molecular formula is C14H14BrF3N2. The highest BCUT2D eigenvalue weighted by Gasteiger charge is 2.33. The molecule has 0 saturated carbocycles. The van der Waals surface area contributed by atoms with Crippen LogP contribution in [0.2, 0.25) is 0 Å². The number of hydrogen-bond donors (Lipinski definition) is 1. The zero-order valence-corrected chi connectivity index (χ0v) is 12.7. The summed E-state index contributed by atoms with van der Waals surface area (Å²) in [6.45, 7) is 4.33. The third-order valence-corrected chi connectivity index (χ3v) is 3.38. The molecule has 0 spiro atoms. The molecule has 0 saturated heterocycles. The summed E-state index contributed by atoms with van der Waals surface area (Å²) < 4.78 is 39.6. The summed E-state index contributed by atoms with van der Waals surface area (Å²) in [7, 11) is 0. The topological polar surface area (TPSA) is 24.9 Å². The van der Waals surface area contributed by atoms with Crippen LogP contribution in [0.4, 0.5) is 18.9 Å². The number of anilines is 1. The molecule has 108 valence electrons. The van der Waals surface area contributed by atoms with E-state index < -0.39 is 11.9 Å². The first-order chi connectivity index (χ1) is 9.32. The molecule has 0 aliphatic rings. The highest BCUT2D eigenvalue weighted by atomic mass is 79.9. The van der Waals surface area contributed by atoms with Crippen LogP contribution in [0.3, 0.4) is 0 Å². The van der Waals surface area contributed by atoms with Crippen LogP contribution in [0.5, 0.6) is 0 Å². The maximum Gasteiger partial charge on any atom is 0.433 e. The van der Waals surface area contributed by atoms with Crippen LogP contribution in [0.25, 0.3) is 10.9 Å². The maximum atomic E-state index is 12.9. The summed E-state index contributed by atoms with van der Waals surface area (Å²) in [5.41, 5.74) is 0.684. The average Bonchev–Trinajstić information content (AvgIpc) is 2.34. The number of halogens is 4. The largest absolute Gasteiger partial charge is 0.433 e. The molecule has 2 rings (SSSR count). The molecule has 1 aromatic carbocycles. The van der Waals surface area contributed by atoms with E-state index >= 15 is 0 Å². The summed E-state index contributed by atoms with van der Waals surface area (Å²) >= 11 is 3.37. The second-order valence-electron chi connectivity index (χ2n) is 4.60. The number of aryl methyl sites for hydroxylation is 1. The number of nitrogens with one attached hydrogen (secondary N) is 1. The molecule has 0 aliphatic heterocycles. The Morgan fingerprint density at radius 3 is 2.55 bits per heavy atom. The molecule has 0 fully saturated rings. The van der Waals surface area contributed by atoms with Crippen LogP contribution in [0.15, 0.2) is 22.7 Å². The van der Waals surface area contributed by atoms with Gasteiger partial charge in [0.05, 0.1) is 5.52 Å². The van der Waals surface area contributed by atoms with Gasteiger partial charge in [0.1, 0.15) is 5.69 Å². The maximum absolute atomic E-state index is 12.9. The van der Waals surface area contributed by atoms with E-state index in [-0.39, 0.29) is 0 Å². The Morgan fingerprint density at radius 1 is 1.25 bits per heavy atom. The molecule has 1 aromatic heterocycles. The zero-order valence-electron chi connectivity index (χ0n) is 11.1. The molecule has 1 heterocycles. The number of fused-ring (bicyclic) bond motifs is 1. The van der Waals surface area contributed by atoms with E-state index in [0.717, 1.165) is 17.0 Å². The van der Waals surface area contributed by atoms with Gasteiger partial charge in [-0.15, -0.1) is 0 Å². The number of nitrogens with zero attached hydrogens (tertiary/aromatic N) is 1. The third-order valence-electron chi connectivity index (χ3n) is 2.92. The van der Waals surface area contributed by atoms with E-state index in [1.165, 1.54) is 0 Å². The molecular weight excluding hydrogens is 333 g/mol. The first-order valence-corrected chi connectivity index (χ1v) is 7.04. The lowest BCUT2D eigenvalue weighted by Gasteiger charge is -2.14. The molecule has 0 bridgehead atoms. The van der Waals surface area contributed by atoms with E-state index in [1.807, 2.05) is 6.92 Å². The van der Waals surface area contributed by atoms with E-state index in [4.69, 9.17) is 0 Å². The van der Waals surface area contributed by atoms with Crippen molar-refractivity contribution in [2.45, 2.75) is 26.4 Å². The second kappa shape index (κ2) is 5.60. The molecule has 1 N–H and O–H groups in total. The quantitative estimate of drug-likeness (QED) is 0.831. The Bertz CT molecular complexity index is 638. The number of benzene rings is 1. The van der Waals surface area contributed by atoms with Gasteiger partial charge in [-0.1, -0.05) is 22.9 Å². The van der Waals surface area contributed by atoms with Gasteiger partial charge in [-0.3, -0.25) is 0 Å². The average molecular weight is 347 g/mol. The van der Waals surface area contributed by atoms with Crippen molar-refractivity contribution in [2.75, 3.05) is 11.9 Å². The number of alkyl halides is 3. The first-order valence-electron chi connectivity index (χ1n) is 6.25. The van der Waals surface area contributed by atoms with Crippen LogP contribution < -0.4 is 5.32 Å². The fraction of sp³-hybridized carbons (Fsp3) is 0.357. The van der Waals surface area contributed by atoms with Crippen molar-refractivity contribution < 1.29 is 13.2 Å². The molecule has 0 aliphatic carbocycles. The van der Waals surface area contributed by atoms with Gasteiger partial charge < -0.3 is 5.32 Å². The van der Waals surface area contributed by atoms with Crippen molar-refractivity contribution in [3.63, 3.8) is 0 Å². The van der Waals surface area contributed by atoms with E-state index in [2.05, 4.69) is 26.2 Å². The van der Waals surface area contributed by atoms with E-state index in [1.54, 1.807) is 19.1 Å². The molecule has 20 heavy (non-hydrogen) atoms. The Hall–Kier alpha value is -1.30. The van der Waals surface area contributed by atoms with Gasteiger partial charge in [-0.05, 0) is 37.1 Å². The van der Waals surface area contributed by atoms with E-state index in [9.17, 15) is 13.2 Å². The van der Waals surface area contributed by atoms with Crippen LogP contribution in [-0.4, -0.2) is 11.5 Å². The van der Waals surface area contributed by atoms with E-state index in [0.29, 0.717) is 28.7 Å². The van der Waals surface area contributed by atoms with Crippen molar-refractivity contribution in [2.24, 2.45) is 0 Å². The van der Waals surface area contributed by atoms with Crippen molar-refractivity contribution in [1.82, 2.24) is 4.98 Å². The van der Waals surface area contributed by atoms with Crippen LogP contribution >= 0.6 is 15.9 Å². The van der Waals surface area contributed by atoms with Crippen LogP contribution in [-0.2, 0) is 6.18 Å². The lowest BCUT2D eigenvalue weighted by atomic mass is 10.1. The number of aromatic nitrogens is 1.